The van der Waals surface area contributed by atoms with Crippen molar-refractivity contribution in [3.8, 4) is 29.0 Å². The lowest BCUT2D eigenvalue weighted by Gasteiger charge is -2.53. The van der Waals surface area contributed by atoms with E-state index >= 15 is 0 Å². The Morgan fingerprint density at radius 2 is 1.41 bits per heavy atom. The number of nitriles is 2. The second-order valence-electron chi connectivity index (χ2n) is 10.8. The summed E-state index contributed by atoms with van der Waals surface area (Å²) >= 11 is 0. The van der Waals surface area contributed by atoms with Gasteiger partial charge in [0, 0.05) is 11.0 Å². The summed E-state index contributed by atoms with van der Waals surface area (Å²) < 4.78 is 6.33. The van der Waals surface area contributed by atoms with Gasteiger partial charge in [-0.05, 0) is 80.0 Å². The topological polar surface area (TPSA) is 56.8 Å². The molecule has 2 bridgehead atoms. The monoisotopic (exact) mass is 454 g/mol. The molecule has 0 saturated heterocycles. The quantitative estimate of drug-likeness (QED) is 0.339. The molecule has 0 radical (unpaired) electrons. The first-order chi connectivity index (χ1) is 16.6. The van der Waals surface area contributed by atoms with Gasteiger partial charge in [0.2, 0.25) is 0 Å². The molecule has 0 atom stereocenters. The third kappa shape index (κ3) is 5.00. The molecule has 0 aliphatic heterocycles. The van der Waals surface area contributed by atoms with Crippen LogP contribution in [-0.4, -0.2) is 6.61 Å². The molecular formula is C31H38N2O. The molecule has 3 heteroatoms. The highest BCUT2D eigenvalue weighted by atomic mass is 16.5. The highest BCUT2D eigenvalue weighted by Crippen LogP contribution is 2.59. The molecule has 3 aliphatic carbocycles. The molecule has 5 rings (SSSR count). The van der Waals surface area contributed by atoms with Gasteiger partial charge in [-0.2, -0.15) is 10.5 Å². The van der Waals surface area contributed by atoms with E-state index in [4.69, 9.17) is 4.74 Å². The van der Waals surface area contributed by atoms with Crippen LogP contribution in [0.25, 0.3) is 11.1 Å². The Bertz CT molecular complexity index is 1050. The summed E-state index contributed by atoms with van der Waals surface area (Å²) in [6, 6.07) is 16.7. The smallest absolute Gasteiger partial charge is 0.138 e. The molecule has 3 fully saturated rings. The third-order valence-corrected chi connectivity index (χ3v) is 8.60. The van der Waals surface area contributed by atoms with E-state index in [1.807, 2.05) is 12.1 Å². The number of rotatable bonds is 10. The summed E-state index contributed by atoms with van der Waals surface area (Å²) in [5, 5.41) is 19.9. The van der Waals surface area contributed by atoms with E-state index in [1.165, 1.54) is 69.8 Å². The maximum Gasteiger partial charge on any atom is 0.138 e. The molecule has 3 aliphatic rings. The van der Waals surface area contributed by atoms with Crippen LogP contribution in [0, 0.1) is 33.5 Å². The summed E-state index contributed by atoms with van der Waals surface area (Å²) in [4.78, 5) is 0. The van der Waals surface area contributed by atoms with Gasteiger partial charge >= 0.3 is 0 Å². The van der Waals surface area contributed by atoms with Crippen molar-refractivity contribution in [2.75, 3.05) is 6.61 Å². The molecule has 0 heterocycles. The summed E-state index contributed by atoms with van der Waals surface area (Å²) in [5.41, 5.74) is 4.67. The SMILES string of the molecule is CCCCCC12CCC(COc3ccc(-c4ccc(CCC)cc4)c(C#N)c3C#N)(CC1)CC2. The summed E-state index contributed by atoms with van der Waals surface area (Å²) in [6.45, 7) is 5.11. The number of unbranched alkanes of at least 4 members (excludes halogenated alkanes) is 2. The zero-order valence-corrected chi connectivity index (χ0v) is 21.0. The summed E-state index contributed by atoms with van der Waals surface area (Å²) in [7, 11) is 0. The van der Waals surface area contributed by atoms with Crippen molar-refractivity contribution in [1.29, 1.82) is 10.5 Å². The average molecular weight is 455 g/mol. The Morgan fingerprint density at radius 3 is 2.00 bits per heavy atom. The van der Waals surface area contributed by atoms with Crippen molar-refractivity contribution in [2.45, 2.75) is 90.9 Å². The summed E-state index contributed by atoms with van der Waals surface area (Å²) in [6.07, 6.45) is 15.2. The van der Waals surface area contributed by atoms with E-state index in [0.717, 1.165) is 24.0 Å². The van der Waals surface area contributed by atoms with E-state index in [1.54, 1.807) is 0 Å². The Balaban J connectivity index is 1.47. The first kappa shape index (κ1) is 24.3. The maximum atomic E-state index is 9.94. The van der Waals surface area contributed by atoms with E-state index in [9.17, 15) is 10.5 Å². The predicted octanol–water partition coefficient (Wildman–Crippen LogP) is 8.35. The van der Waals surface area contributed by atoms with Crippen molar-refractivity contribution < 1.29 is 4.74 Å². The van der Waals surface area contributed by atoms with Crippen molar-refractivity contribution in [3.05, 3.63) is 53.1 Å². The lowest BCUT2D eigenvalue weighted by Crippen LogP contribution is -2.44. The van der Waals surface area contributed by atoms with Gasteiger partial charge in [0.15, 0.2) is 0 Å². The van der Waals surface area contributed by atoms with Crippen LogP contribution >= 0.6 is 0 Å². The molecule has 0 spiro atoms. The van der Waals surface area contributed by atoms with Crippen LogP contribution in [0.3, 0.4) is 0 Å². The van der Waals surface area contributed by atoms with Crippen LogP contribution in [0.5, 0.6) is 5.75 Å². The molecule has 2 aromatic carbocycles. The minimum atomic E-state index is 0.236. The zero-order valence-electron chi connectivity index (χ0n) is 21.0. The van der Waals surface area contributed by atoms with Gasteiger partial charge in [0.05, 0.1) is 12.2 Å². The van der Waals surface area contributed by atoms with E-state index in [0.29, 0.717) is 28.9 Å². The molecule has 0 unspecified atom stereocenters. The molecule has 0 N–H and O–H groups in total. The largest absolute Gasteiger partial charge is 0.492 e. The van der Waals surface area contributed by atoms with Gasteiger partial charge in [-0.3, -0.25) is 0 Å². The fourth-order valence-corrected chi connectivity index (χ4v) is 6.22. The zero-order chi connectivity index (χ0) is 24.0. The molecule has 0 amide bonds. The van der Waals surface area contributed by atoms with Crippen molar-refractivity contribution in [3.63, 3.8) is 0 Å². The Morgan fingerprint density at radius 1 is 0.765 bits per heavy atom. The number of hydrogen-bond acceptors (Lipinski definition) is 3. The van der Waals surface area contributed by atoms with Gasteiger partial charge < -0.3 is 4.74 Å². The van der Waals surface area contributed by atoms with Crippen molar-refractivity contribution >= 4 is 0 Å². The Kier molecular flexibility index (Phi) is 7.63. The highest BCUT2D eigenvalue weighted by Gasteiger charge is 2.48. The van der Waals surface area contributed by atoms with E-state index < -0.39 is 0 Å². The van der Waals surface area contributed by atoms with Crippen LogP contribution in [0.1, 0.15) is 101 Å². The Labute approximate surface area is 205 Å². The van der Waals surface area contributed by atoms with Crippen LogP contribution < -0.4 is 4.74 Å². The first-order valence-electron chi connectivity index (χ1n) is 13.3. The molecule has 0 aromatic heterocycles. The van der Waals surface area contributed by atoms with Gasteiger partial charge in [0.1, 0.15) is 23.5 Å². The second kappa shape index (κ2) is 10.7. The molecule has 3 nitrogen and oxygen atoms in total. The number of ether oxygens (including phenoxy) is 1. The van der Waals surface area contributed by atoms with Crippen molar-refractivity contribution in [1.82, 2.24) is 0 Å². The minimum absolute atomic E-state index is 0.236. The van der Waals surface area contributed by atoms with Crippen LogP contribution in [-0.2, 0) is 6.42 Å². The van der Waals surface area contributed by atoms with E-state index in [-0.39, 0.29) is 5.41 Å². The highest BCUT2D eigenvalue weighted by molar-refractivity contribution is 5.76. The lowest BCUT2D eigenvalue weighted by molar-refractivity contribution is -0.0409. The van der Waals surface area contributed by atoms with Crippen molar-refractivity contribution in [2.24, 2.45) is 10.8 Å². The fraction of sp³-hybridized carbons (Fsp3) is 0.548. The number of hydrogen-bond donors (Lipinski definition) is 0. The lowest BCUT2D eigenvalue weighted by atomic mass is 9.53. The minimum Gasteiger partial charge on any atom is -0.492 e. The average Bonchev–Trinajstić information content (AvgIpc) is 2.89. The third-order valence-electron chi connectivity index (χ3n) is 8.60. The number of benzene rings is 2. The second-order valence-corrected chi connectivity index (χ2v) is 10.8. The van der Waals surface area contributed by atoms with Gasteiger partial charge in [0.25, 0.3) is 0 Å². The molecule has 178 valence electrons. The number of fused-ring (bicyclic) bond motifs is 3. The van der Waals surface area contributed by atoms with Gasteiger partial charge in [-0.1, -0.05) is 63.8 Å². The van der Waals surface area contributed by atoms with Gasteiger partial charge in [-0.15, -0.1) is 0 Å². The normalized spacial score (nSPS) is 23.3. The molecule has 3 saturated carbocycles. The van der Waals surface area contributed by atoms with Gasteiger partial charge in [-0.25, -0.2) is 0 Å². The Hall–Kier alpha value is -2.78. The van der Waals surface area contributed by atoms with Crippen LogP contribution in [0.2, 0.25) is 0 Å². The standard InChI is InChI=1S/C31H38N2O/c1-3-5-6-14-30-15-18-31(19-16-30,20-17-30)23-34-29-13-12-26(27(21-32)28(29)22-33)25-10-8-24(7-4-2)9-11-25/h8-13H,3-7,14-20,23H2,1-2H3. The predicted molar refractivity (Wildman–Crippen MR) is 138 cm³/mol. The number of aryl methyl sites for hydroxylation is 1. The van der Waals surface area contributed by atoms with Crippen LogP contribution in [0.4, 0.5) is 0 Å². The fourth-order valence-electron chi connectivity index (χ4n) is 6.22. The molecular weight excluding hydrogens is 416 g/mol. The first-order valence-corrected chi connectivity index (χ1v) is 13.3. The molecule has 2 aromatic rings. The summed E-state index contributed by atoms with van der Waals surface area (Å²) in [5.74, 6) is 0.560. The van der Waals surface area contributed by atoms with E-state index in [2.05, 4.69) is 50.3 Å². The molecule has 34 heavy (non-hydrogen) atoms. The maximum absolute atomic E-state index is 9.94. The van der Waals surface area contributed by atoms with Crippen LogP contribution in [0.15, 0.2) is 36.4 Å². The number of nitrogens with zero attached hydrogens (tertiary/aromatic N) is 2.